The van der Waals surface area contributed by atoms with Crippen LogP contribution in [-0.4, -0.2) is 15.8 Å². The molecule has 48 valence electrons. The van der Waals surface area contributed by atoms with E-state index in [1.54, 1.807) is 17.0 Å². The summed E-state index contributed by atoms with van der Waals surface area (Å²) in [6, 6.07) is 0. The molecule has 9 heavy (non-hydrogen) atoms. The number of hydrogen-bond acceptors (Lipinski definition) is 2. The zero-order valence-corrected chi connectivity index (χ0v) is 5.38. The number of carbonyl (C=O) groups excluding carboxylic acids is 1. The zero-order valence-electron chi connectivity index (χ0n) is 4.62. The highest BCUT2D eigenvalue weighted by atomic mass is 35.5. The lowest BCUT2D eigenvalue weighted by Gasteiger charge is -1.92. The van der Waals surface area contributed by atoms with E-state index in [2.05, 4.69) is 4.98 Å². The summed E-state index contributed by atoms with van der Waals surface area (Å²) >= 11 is 5.51. The van der Waals surface area contributed by atoms with Gasteiger partial charge in [-0.05, 0) is 11.6 Å². The van der Waals surface area contributed by atoms with E-state index in [-0.39, 0.29) is 6.54 Å². The van der Waals surface area contributed by atoms with Gasteiger partial charge in [0.2, 0.25) is 5.28 Å². The molecule has 0 N–H and O–H groups in total. The van der Waals surface area contributed by atoms with Gasteiger partial charge in [-0.1, -0.05) is 0 Å². The normalized spacial score (nSPS) is 9.44. The van der Waals surface area contributed by atoms with Crippen molar-refractivity contribution >= 4 is 17.9 Å². The SMILES string of the molecule is O=CCn1ccnc1Cl. The van der Waals surface area contributed by atoms with Crippen molar-refractivity contribution in [2.45, 2.75) is 6.54 Å². The summed E-state index contributed by atoms with van der Waals surface area (Å²) in [5.41, 5.74) is 0. The molecule has 4 heteroatoms. The average Bonchev–Trinajstić information content (AvgIpc) is 2.18. The molecule has 0 spiro atoms. The van der Waals surface area contributed by atoms with Gasteiger partial charge in [0.25, 0.3) is 0 Å². The van der Waals surface area contributed by atoms with Crippen molar-refractivity contribution in [1.29, 1.82) is 0 Å². The molecule has 3 nitrogen and oxygen atoms in total. The van der Waals surface area contributed by atoms with Crippen LogP contribution in [0.2, 0.25) is 5.28 Å². The predicted octanol–water partition coefficient (Wildman–Crippen LogP) is 0.735. The van der Waals surface area contributed by atoms with E-state index < -0.39 is 0 Å². The third-order valence-electron chi connectivity index (χ3n) is 0.936. The average molecular weight is 145 g/mol. The number of carbonyl (C=O) groups is 1. The molecular weight excluding hydrogens is 140 g/mol. The first-order valence-electron chi connectivity index (χ1n) is 2.45. The number of nitrogens with zero attached hydrogens (tertiary/aromatic N) is 2. The largest absolute Gasteiger partial charge is 0.315 e. The zero-order chi connectivity index (χ0) is 6.69. The summed E-state index contributed by atoms with van der Waals surface area (Å²) in [5, 5.41) is 0.349. The Labute approximate surface area is 57.3 Å². The summed E-state index contributed by atoms with van der Waals surface area (Å²) in [6.45, 7) is 0.277. The van der Waals surface area contributed by atoms with Crippen LogP contribution in [0.3, 0.4) is 0 Å². The molecule has 0 aromatic carbocycles. The fraction of sp³-hybridized carbons (Fsp3) is 0.200. The van der Waals surface area contributed by atoms with Gasteiger partial charge >= 0.3 is 0 Å². The maximum Gasteiger partial charge on any atom is 0.203 e. The van der Waals surface area contributed by atoms with E-state index in [1.165, 1.54) is 0 Å². The number of imidazole rings is 1. The van der Waals surface area contributed by atoms with E-state index in [0.29, 0.717) is 5.28 Å². The second kappa shape index (κ2) is 2.64. The fourth-order valence-corrected chi connectivity index (χ4v) is 0.709. The van der Waals surface area contributed by atoms with Crippen LogP contribution in [0.15, 0.2) is 12.4 Å². The van der Waals surface area contributed by atoms with Gasteiger partial charge in [0, 0.05) is 12.4 Å². The van der Waals surface area contributed by atoms with Crippen molar-refractivity contribution in [1.82, 2.24) is 9.55 Å². The van der Waals surface area contributed by atoms with Crippen LogP contribution in [0.1, 0.15) is 0 Å². The highest BCUT2D eigenvalue weighted by molar-refractivity contribution is 6.28. The van der Waals surface area contributed by atoms with Gasteiger partial charge in [0.1, 0.15) is 6.29 Å². The smallest absolute Gasteiger partial charge is 0.203 e. The Hall–Kier alpha value is -0.830. The Balaban J connectivity index is 2.80. The summed E-state index contributed by atoms with van der Waals surface area (Å²) in [6.07, 6.45) is 3.97. The Morgan fingerprint density at radius 3 is 3.11 bits per heavy atom. The Bertz CT molecular complexity index is 208. The molecule has 1 aromatic heterocycles. The summed E-state index contributed by atoms with van der Waals surface area (Å²) in [5.74, 6) is 0. The van der Waals surface area contributed by atoms with Gasteiger partial charge in [0.15, 0.2) is 0 Å². The fourth-order valence-electron chi connectivity index (χ4n) is 0.527. The Kier molecular flexibility index (Phi) is 1.85. The first-order valence-corrected chi connectivity index (χ1v) is 2.82. The highest BCUT2D eigenvalue weighted by Gasteiger charge is 1.94. The molecule has 1 aromatic rings. The van der Waals surface area contributed by atoms with Gasteiger partial charge in [-0.3, -0.25) is 0 Å². The standard InChI is InChI=1S/C5H5ClN2O/c6-5-7-1-2-8(5)3-4-9/h1-2,4H,3H2. The summed E-state index contributed by atoms with van der Waals surface area (Å²) in [4.78, 5) is 13.6. The van der Waals surface area contributed by atoms with Gasteiger partial charge in [-0.2, -0.15) is 0 Å². The van der Waals surface area contributed by atoms with Crippen LogP contribution in [0, 0.1) is 0 Å². The molecule has 1 rings (SSSR count). The minimum absolute atomic E-state index is 0.277. The minimum Gasteiger partial charge on any atom is -0.315 e. The van der Waals surface area contributed by atoms with E-state index in [4.69, 9.17) is 11.6 Å². The van der Waals surface area contributed by atoms with E-state index >= 15 is 0 Å². The van der Waals surface area contributed by atoms with Gasteiger partial charge in [0.05, 0.1) is 6.54 Å². The molecule has 0 fully saturated rings. The minimum atomic E-state index is 0.277. The molecule has 1 heterocycles. The lowest BCUT2D eigenvalue weighted by atomic mass is 10.7. The third kappa shape index (κ3) is 1.29. The van der Waals surface area contributed by atoms with Gasteiger partial charge in [-0.25, -0.2) is 4.98 Å². The number of aromatic nitrogens is 2. The highest BCUT2D eigenvalue weighted by Crippen LogP contribution is 2.02. The second-order valence-corrected chi connectivity index (χ2v) is 1.85. The number of hydrogen-bond donors (Lipinski definition) is 0. The topological polar surface area (TPSA) is 34.9 Å². The van der Waals surface area contributed by atoms with Crippen molar-refractivity contribution in [3.8, 4) is 0 Å². The van der Waals surface area contributed by atoms with E-state index in [1.807, 2.05) is 0 Å². The van der Waals surface area contributed by atoms with E-state index in [9.17, 15) is 4.79 Å². The Morgan fingerprint density at radius 1 is 1.89 bits per heavy atom. The van der Waals surface area contributed by atoms with Gasteiger partial charge in [-0.15, -0.1) is 0 Å². The number of halogens is 1. The maximum absolute atomic E-state index is 9.92. The lowest BCUT2D eigenvalue weighted by Crippen LogP contribution is -1.95. The molecule has 0 saturated heterocycles. The molecule has 0 saturated carbocycles. The van der Waals surface area contributed by atoms with Crippen LogP contribution in [0.25, 0.3) is 0 Å². The lowest BCUT2D eigenvalue weighted by molar-refractivity contribution is -0.108. The number of rotatable bonds is 2. The summed E-state index contributed by atoms with van der Waals surface area (Å²) < 4.78 is 1.55. The van der Waals surface area contributed by atoms with Crippen molar-refractivity contribution < 1.29 is 4.79 Å². The van der Waals surface area contributed by atoms with Crippen molar-refractivity contribution in [3.63, 3.8) is 0 Å². The van der Waals surface area contributed by atoms with Gasteiger partial charge < -0.3 is 9.36 Å². The predicted molar refractivity (Wildman–Crippen MR) is 33.3 cm³/mol. The summed E-state index contributed by atoms with van der Waals surface area (Å²) in [7, 11) is 0. The molecule has 0 bridgehead atoms. The molecule has 0 radical (unpaired) electrons. The van der Waals surface area contributed by atoms with E-state index in [0.717, 1.165) is 6.29 Å². The monoisotopic (exact) mass is 144 g/mol. The molecular formula is C5H5ClN2O. The molecule has 0 amide bonds. The quantitative estimate of drug-likeness (QED) is 0.574. The molecule has 0 aliphatic heterocycles. The number of aldehydes is 1. The first kappa shape index (κ1) is 6.29. The van der Waals surface area contributed by atoms with Crippen LogP contribution in [0.4, 0.5) is 0 Å². The van der Waals surface area contributed by atoms with Crippen molar-refractivity contribution in [2.24, 2.45) is 0 Å². The maximum atomic E-state index is 9.92. The first-order chi connectivity index (χ1) is 4.34. The molecule has 0 aliphatic rings. The van der Waals surface area contributed by atoms with Crippen molar-refractivity contribution in [2.75, 3.05) is 0 Å². The van der Waals surface area contributed by atoms with Crippen molar-refractivity contribution in [3.05, 3.63) is 17.7 Å². The molecule has 0 atom stereocenters. The Morgan fingerprint density at radius 2 is 2.67 bits per heavy atom. The molecule has 0 aliphatic carbocycles. The van der Waals surface area contributed by atoms with Crippen LogP contribution in [0.5, 0.6) is 0 Å². The van der Waals surface area contributed by atoms with Crippen LogP contribution in [-0.2, 0) is 11.3 Å². The molecule has 0 unspecified atom stereocenters. The van der Waals surface area contributed by atoms with Crippen LogP contribution < -0.4 is 0 Å². The van der Waals surface area contributed by atoms with Crippen LogP contribution >= 0.6 is 11.6 Å². The third-order valence-corrected chi connectivity index (χ3v) is 1.25. The second-order valence-electron chi connectivity index (χ2n) is 1.52.